The maximum Gasteiger partial charge on any atom is 0.261 e. The highest BCUT2D eigenvalue weighted by Crippen LogP contribution is 2.49. The summed E-state index contributed by atoms with van der Waals surface area (Å²) in [6.45, 7) is 15.7. The van der Waals surface area contributed by atoms with Gasteiger partial charge in [0.15, 0.2) is 9.84 Å². The van der Waals surface area contributed by atoms with Crippen molar-refractivity contribution in [3.05, 3.63) is 144 Å². The number of nitrogens with zero attached hydrogens (tertiary/aromatic N) is 1. The summed E-state index contributed by atoms with van der Waals surface area (Å²) in [4.78, 5) is 14.7. The molecular weight excluding hydrogens is 808 g/mol. The predicted octanol–water partition coefficient (Wildman–Crippen LogP) is 7.65. The van der Waals surface area contributed by atoms with Gasteiger partial charge in [0.05, 0.1) is 28.2 Å². The molecule has 318 valence electrons. The van der Waals surface area contributed by atoms with Gasteiger partial charge in [-0.15, -0.1) is 13.2 Å². The normalized spacial score (nSPS) is 22.6. The molecule has 11 heteroatoms. The van der Waals surface area contributed by atoms with Crippen LogP contribution in [0, 0.1) is 17.8 Å². The highest BCUT2D eigenvalue weighted by atomic mass is 35.5. The van der Waals surface area contributed by atoms with Gasteiger partial charge < -0.3 is 24.9 Å². The molecule has 0 radical (unpaired) electrons. The molecule has 4 aromatic rings. The van der Waals surface area contributed by atoms with Crippen molar-refractivity contribution in [2.45, 2.75) is 74.7 Å². The second-order valence-electron chi connectivity index (χ2n) is 18.1. The number of ether oxygens (including phenoxy) is 1. The minimum Gasteiger partial charge on any atom is -0.490 e. The van der Waals surface area contributed by atoms with E-state index in [-0.39, 0.29) is 41.8 Å². The molecule has 7 rings (SSSR count). The van der Waals surface area contributed by atoms with Crippen LogP contribution in [-0.4, -0.2) is 71.2 Å². The highest BCUT2D eigenvalue weighted by molar-refractivity contribution is 7.92. The second-order valence-corrected chi connectivity index (χ2v) is 25.1. The summed E-state index contributed by atoms with van der Waals surface area (Å²) in [6, 6.07) is 31.7. The molecule has 3 aliphatic rings. The number of aryl methyl sites for hydroxylation is 1. The van der Waals surface area contributed by atoms with E-state index in [4.69, 9.17) is 26.5 Å². The van der Waals surface area contributed by atoms with Crippen molar-refractivity contribution >= 4 is 51.7 Å². The van der Waals surface area contributed by atoms with E-state index < -0.39 is 40.8 Å². The van der Waals surface area contributed by atoms with Crippen LogP contribution in [0.3, 0.4) is 0 Å². The summed E-state index contributed by atoms with van der Waals surface area (Å²) < 4.78 is 45.1. The fourth-order valence-corrected chi connectivity index (χ4v) is 17.7. The Kier molecular flexibility index (Phi) is 12.9. The number of nitrogens with two attached hydrogens (primary N) is 1. The maximum atomic E-state index is 15.5. The van der Waals surface area contributed by atoms with E-state index in [2.05, 4.69) is 63.1 Å². The molecule has 1 fully saturated rings. The number of aliphatic hydroxyl groups is 1. The summed E-state index contributed by atoms with van der Waals surface area (Å²) in [5.41, 5.74) is 7.71. The number of sulfone groups is 1. The molecule has 1 aliphatic heterocycles. The number of rotatable bonds is 15. The number of primary amides is 1. The summed E-state index contributed by atoms with van der Waals surface area (Å²) in [5, 5.41) is 12.6. The summed E-state index contributed by atoms with van der Waals surface area (Å²) in [5.74, 6) is -0.354. The molecule has 1 spiro atoms. The monoisotopic (exact) mass is 866 g/mol. The Hall–Kier alpha value is -4.19. The number of hydrogen-bond donors (Lipinski definition) is 2. The Morgan fingerprint density at radius 2 is 1.70 bits per heavy atom. The van der Waals surface area contributed by atoms with Crippen LogP contribution in [0.1, 0.15) is 67.9 Å². The van der Waals surface area contributed by atoms with Crippen molar-refractivity contribution in [2.75, 3.05) is 37.0 Å². The lowest BCUT2D eigenvalue weighted by molar-refractivity contribution is 0.0460. The maximum absolute atomic E-state index is 15.5. The molecule has 8 nitrogen and oxygen atoms in total. The molecule has 6 atom stereocenters. The van der Waals surface area contributed by atoms with E-state index in [1.807, 2.05) is 54.6 Å². The number of halogens is 1. The number of carbonyl (C=O) groups is 1. The fraction of sp³-hybridized carbons (Fsp3) is 0.408. The first kappa shape index (κ1) is 43.9. The smallest absolute Gasteiger partial charge is 0.261 e. The molecule has 60 heavy (non-hydrogen) atoms. The zero-order chi connectivity index (χ0) is 42.9. The quantitative estimate of drug-likeness (QED) is 0.0932. The molecule has 3 N–H and O–H groups in total. The van der Waals surface area contributed by atoms with Crippen molar-refractivity contribution in [2.24, 2.45) is 23.5 Å². The van der Waals surface area contributed by atoms with Crippen LogP contribution in [0.15, 0.2) is 122 Å². The van der Waals surface area contributed by atoms with Crippen LogP contribution in [-0.2, 0) is 26.1 Å². The molecular formula is C49H59ClN2O6SSi. The number of carbonyl (C=O) groups excluding carboxylic acids is 1. The molecule has 2 aliphatic carbocycles. The Balaban J connectivity index is 1.28. The van der Waals surface area contributed by atoms with Crippen LogP contribution in [0.25, 0.3) is 0 Å². The Morgan fingerprint density at radius 3 is 2.28 bits per heavy atom. The summed E-state index contributed by atoms with van der Waals surface area (Å²) in [7, 11) is -6.84. The standard InChI is InChI=1S/C49H59ClN2O6SSi/c1-6-14-34(30-58-60(48(3,4)5,39-15-10-8-11-16-39)40-17-12-9-13-18-40)31-59(55,56)46-26-21-35-27-38(50)22-24-42(35)49(46)32-52(29-37-19-23-41(37)44(53)7-2)43-28-36(47(51)54)20-25-45(43)57-33-49/h6-13,15-18,20,22,24-25,27-28,34,37,41,44,46,53H,1-2,14,19,21,23,26,29-33H2,3-5H3,(H2,51,54)/t34-,37-,41+,44+,46?,49?/m0/s1. The Bertz CT molecular complexity index is 2260. The third kappa shape index (κ3) is 8.38. The van der Waals surface area contributed by atoms with Gasteiger partial charge in [-0.2, -0.15) is 0 Å². The number of amides is 1. The first-order chi connectivity index (χ1) is 28.6. The Labute approximate surface area is 362 Å². The van der Waals surface area contributed by atoms with Gasteiger partial charge in [0, 0.05) is 30.3 Å². The summed E-state index contributed by atoms with van der Waals surface area (Å²) >= 11 is 6.61. The van der Waals surface area contributed by atoms with E-state index >= 15 is 8.42 Å². The van der Waals surface area contributed by atoms with E-state index in [0.717, 1.165) is 34.3 Å². The van der Waals surface area contributed by atoms with Gasteiger partial charge in [-0.3, -0.25) is 4.79 Å². The van der Waals surface area contributed by atoms with E-state index in [0.29, 0.717) is 54.4 Å². The van der Waals surface area contributed by atoms with Crippen molar-refractivity contribution in [1.82, 2.24) is 0 Å². The molecule has 0 aromatic heterocycles. The SMILES string of the molecule is C=CC[C@@H](CO[Si](c1ccccc1)(c1ccccc1)C(C)(C)C)CS(=O)(=O)C1CCc2cc(Cl)ccc2C12COc1ccc(C(N)=O)cc1N(C[C@@H]1CC[C@H]1[C@H](O)C=C)C2. The van der Waals surface area contributed by atoms with Gasteiger partial charge in [-0.25, -0.2) is 8.42 Å². The molecule has 0 bridgehead atoms. The molecule has 2 unspecified atom stereocenters. The number of fused-ring (bicyclic) bond motifs is 3. The number of aliphatic hydroxyl groups excluding tert-OH is 1. The fourth-order valence-electron chi connectivity index (χ4n) is 10.4. The average Bonchev–Trinajstić information content (AvgIpc) is 3.36. The highest BCUT2D eigenvalue weighted by Gasteiger charge is 2.55. The van der Waals surface area contributed by atoms with Crippen molar-refractivity contribution in [3.8, 4) is 5.75 Å². The lowest BCUT2D eigenvalue weighted by Gasteiger charge is -2.48. The molecule has 4 aromatic carbocycles. The van der Waals surface area contributed by atoms with Gasteiger partial charge in [0.25, 0.3) is 8.32 Å². The lowest BCUT2D eigenvalue weighted by Crippen LogP contribution is -2.67. The van der Waals surface area contributed by atoms with Gasteiger partial charge in [0.2, 0.25) is 5.91 Å². The van der Waals surface area contributed by atoms with Crippen molar-refractivity contribution < 1.29 is 27.5 Å². The number of benzene rings is 4. The van der Waals surface area contributed by atoms with Gasteiger partial charge in [-0.05, 0) is 107 Å². The van der Waals surface area contributed by atoms with Gasteiger partial charge in [-0.1, -0.05) is 111 Å². The van der Waals surface area contributed by atoms with Gasteiger partial charge in [0.1, 0.15) is 12.4 Å². The molecule has 0 saturated heterocycles. The van der Waals surface area contributed by atoms with E-state index in [1.54, 1.807) is 30.4 Å². The van der Waals surface area contributed by atoms with E-state index in [9.17, 15) is 9.90 Å². The van der Waals surface area contributed by atoms with Crippen molar-refractivity contribution in [3.63, 3.8) is 0 Å². The van der Waals surface area contributed by atoms with E-state index in [1.165, 1.54) is 0 Å². The average molecular weight is 868 g/mol. The summed E-state index contributed by atoms with van der Waals surface area (Å²) in [6.07, 6.45) is 5.88. The van der Waals surface area contributed by atoms with Crippen molar-refractivity contribution in [1.29, 1.82) is 0 Å². The first-order valence-corrected chi connectivity index (χ1v) is 25.1. The van der Waals surface area contributed by atoms with Gasteiger partial charge >= 0.3 is 0 Å². The number of allylic oxidation sites excluding steroid dienone is 1. The van der Waals surface area contributed by atoms with Crippen LogP contribution < -0.4 is 25.7 Å². The first-order valence-electron chi connectivity index (χ1n) is 21.1. The largest absolute Gasteiger partial charge is 0.490 e. The predicted molar refractivity (Wildman–Crippen MR) is 246 cm³/mol. The van der Waals surface area contributed by atoms with Crippen LogP contribution in [0.5, 0.6) is 5.75 Å². The molecule has 1 heterocycles. The zero-order valence-electron chi connectivity index (χ0n) is 35.1. The third-order valence-electron chi connectivity index (χ3n) is 13.4. The number of hydrogen-bond acceptors (Lipinski definition) is 7. The topological polar surface area (TPSA) is 119 Å². The second kappa shape index (κ2) is 17.7. The Morgan fingerprint density at radius 1 is 1.02 bits per heavy atom. The number of anilines is 1. The molecule has 1 saturated carbocycles. The molecule has 1 amide bonds. The van der Waals surface area contributed by atoms with Crippen LogP contribution in [0.4, 0.5) is 5.69 Å². The zero-order valence-corrected chi connectivity index (χ0v) is 37.6. The minimum atomic E-state index is -3.87. The third-order valence-corrected chi connectivity index (χ3v) is 21.1. The van der Waals surface area contributed by atoms with Crippen LogP contribution in [0.2, 0.25) is 10.1 Å². The lowest BCUT2D eigenvalue weighted by atomic mass is 9.68. The van der Waals surface area contributed by atoms with Crippen LogP contribution >= 0.6 is 11.6 Å². The minimum absolute atomic E-state index is 0.0116.